The number of anilines is 1. The minimum atomic E-state index is -0.843. The second kappa shape index (κ2) is 14.1. The lowest BCUT2D eigenvalue weighted by atomic mass is 10.1. The molecule has 0 bridgehead atoms. The third-order valence-corrected chi connectivity index (χ3v) is 7.86. The van der Waals surface area contributed by atoms with Gasteiger partial charge >= 0.3 is 6.03 Å². The van der Waals surface area contributed by atoms with Gasteiger partial charge in [0.05, 0.1) is 15.9 Å². The Morgan fingerprint density at radius 2 is 1.61 bits per heavy atom. The van der Waals surface area contributed by atoms with Crippen LogP contribution in [-0.2, 0) is 22.8 Å². The van der Waals surface area contributed by atoms with Gasteiger partial charge in [0.2, 0.25) is 0 Å². The van der Waals surface area contributed by atoms with Gasteiger partial charge in [0, 0.05) is 15.6 Å². The predicted molar refractivity (Wildman–Crippen MR) is 177 cm³/mol. The zero-order chi connectivity index (χ0) is 31.2. The molecule has 11 heteroatoms. The number of halogens is 3. The van der Waals surface area contributed by atoms with E-state index in [1.54, 1.807) is 54.6 Å². The summed E-state index contributed by atoms with van der Waals surface area (Å²) in [5.41, 5.74) is 2.32. The molecule has 1 N–H and O–H groups in total. The van der Waals surface area contributed by atoms with Crippen LogP contribution in [0, 0.1) is 3.57 Å². The van der Waals surface area contributed by atoms with Gasteiger partial charge in [0.1, 0.15) is 24.5 Å². The molecule has 4 amide bonds. The molecule has 0 aliphatic carbocycles. The molecule has 1 fully saturated rings. The van der Waals surface area contributed by atoms with Crippen LogP contribution in [0.15, 0.2) is 90.5 Å². The van der Waals surface area contributed by atoms with Crippen LogP contribution in [0.1, 0.15) is 23.6 Å². The zero-order valence-corrected chi connectivity index (χ0v) is 27.0. The highest BCUT2D eigenvalue weighted by molar-refractivity contribution is 14.1. The van der Waals surface area contributed by atoms with Crippen molar-refractivity contribution < 1.29 is 28.6 Å². The first-order valence-corrected chi connectivity index (χ1v) is 15.3. The number of benzene rings is 4. The fourth-order valence-corrected chi connectivity index (χ4v) is 5.60. The summed E-state index contributed by atoms with van der Waals surface area (Å²) < 4.78 is 18.4. The molecule has 5 rings (SSSR count). The molecule has 0 aromatic heterocycles. The van der Waals surface area contributed by atoms with Gasteiger partial charge < -0.3 is 14.2 Å². The molecule has 1 aliphatic rings. The average molecular weight is 743 g/mol. The number of amides is 4. The molecule has 0 saturated carbocycles. The minimum absolute atomic E-state index is 0.167. The molecule has 0 unspecified atom stereocenters. The number of urea groups is 1. The number of nitrogens with zero attached hydrogens (tertiary/aromatic N) is 1. The predicted octanol–water partition coefficient (Wildman–Crippen LogP) is 7.82. The quantitative estimate of drug-likeness (QED) is 0.101. The second-order valence-corrected chi connectivity index (χ2v) is 11.5. The van der Waals surface area contributed by atoms with Gasteiger partial charge in [-0.2, -0.15) is 0 Å². The van der Waals surface area contributed by atoms with Crippen LogP contribution < -0.4 is 24.4 Å². The summed E-state index contributed by atoms with van der Waals surface area (Å²) in [6, 6.07) is 23.9. The fourth-order valence-electron chi connectivity index (χ4n) is 4.35. The summed E-state index contributed by atoms with van der Waals surface area (Å²) in [6.07, 6.45) is 1.42. The Morgan fingerprint density at radius 3 is 2.32 bits per heavy atom. The Hall–Kier alpha value is -4.06. The first kappa shape index (κ1) is 31.4. The third-order valence-electron chi connectivity index (χ3n) is 6.47. The Labute approximate surface area is 277 Å². The van der Waals surface area contributed by atoms with Crippen molar-refractivity contribution in [3.8, 4) is 17.2 Å². The van der Waals surface area contributed by atoms with E-state index in [9.17, 15) is 14.4 Å². The van der Waals surface area contributed by atoms with Gasteiger partial charge in [0.25, 0.3) is 11.8 Å². The molecule has 44 heavy (non-hydrogen) atoms. The Balaban J connectivity index is 1.36. The van der Waals surface area contributed by atoms with E-state index in [-0.39, 0.29) is 17.9 Å². The molecule has 4 aromatic carbocycles. The van der Waals surface area contributed by atoms with Crippen LogP contribution >= 0.6 is 45.8 Å². The molecule has 224 valence electrons. The molecule has 0 radical (unpaired) electrons. The molecule has 0 spiro atoms. The summed E-state index contributed by atoms with van der Waals surface area (Å²) in [4.78, 5) is 39.9. The van der Waals surface area contributed by atoms with Crippen LogP contribution in [0.5, 0.6) is 17.2 Å². The van der Waals surface area contributed by atoms with E-state index in [4.69, 9.17) is 37.4 Å². The highest BCUT2D eigenvalue weighted by Gasteiger charge is 2.37. The van der Waals surface area contributed by atoms with Gasteiger partial charge in [-0.1, -0.05) is 59.6 Å². The van der Waals surface area contributed by atoms with Crippen molar-refractivity contribution in [1.82, 2.24) is 5.32 Å². The van der Waals surface area contributed by atoms with Crippen LogP contribution in [0.3, 0.4) is 0 Å². The highest BCUT2D eigenvalue weighted by atomic mass is 127. The van der Waals surface area contributed by atoms with E-state index in [0.717, 1.165) is 16.0 Å². The minimum Gasteiger partial charge on any atom is -0.490 e. The van der Waals surface area contributed by atoms with Gasteiger partial charge in [-0.25, -0.2) is 9.69 Å². The lowest BCUT2D eigenvalue weighted by Crippen LogP contribution is -2.54. The first-order valence-electron chi connectivity index (χ1n) is 13.4. The summed E-state index contributed by atoms with van der Waals surface area (Å²) in [6.45, 7) is 2.71. The maximum absolute atomic E-state index is 13.5. The van der Waals surface area contributed by atoms with Crippen LogP contribution in [0.2, 0.25) is 10.0 Å². The van der Waals surface area contributed by atoms with Crippen LogP contribution in [0.25, 0.3) is 6.08 Å². The number of hydrogen-bond acceptors (Lipinski definition) is 6. The highest BCUT2D eigenvalue weighted by Crippen LogP contribution is 2.36. The molecule has 0 atom stereocenters. The Kier molecular flexibility index (Phi) is 10.1. The second-order valence-electron chi connectivity index (χ2n) is 9.51. The van der Waals surface area contributed by atoms with E-state index in [1.165, 1.54) is 6.08 Å². The van der Waals surface area contributed by atoms with Gasteiger partial charge in [0.15, 0.2) is 11.5 Å². The monoisotopic (exact) mass is 742 g/mol. The number of ether oxygens (including phenoxy) is 3. The van der Waals surface area contributed by atoms with E-state index < -0.39 is 17.8 Å². The SMILES string of the molecule is CCOc1cc(/C=C2\C(=O)NC(=O)N(c3ccc(OCc4ccccc4)cc3)C2=O)cc(I)c1OCc1ccc(Cl)cc1Cl. The van der Waals surface area contributed by atoms with Crippen LogP contribution in [-0.4, -0.2) is 24.5 Å². The lowest BCUT2D eigenvalue weighted by Gasteiger charge is -2.26. The normalized spacial score (nSPS) is 14.0. The van der Waals surface area contributed by atoms with Gasteiger partial charge in [-0.3, -0.25) is 14.9 Å². The number of carbonyl (C=O) groups is 3. The summed E-state index contributed by atoms with van der Waals surface area (Å²) in [5.74, 6) is -0.106. The number of carbonyl (C=O) groups excluding carboxylic acids is 3. The van der Waals surface area contributed by atoms with E-state index in [2.05, 4.69) is 27.9 Å². The molecule has 1 heterocycles. The molecule has 1 aliphatic heterocycles. The van der Waals surface area contributed by atoms with E-state index >= 15 is 0 Å². The number of hydrogen-bond donors (Lipinski definition) is 1. The first-order chi connectivity index (χ1) is 21.2. The van der Waals surface area contributed by atoms with Gasteiger partial charge in [-0.15, -0.1) is 0 Å². The topological polar surface area (TPSA) is 94.2 Å². The lowest BCUT2D eigenvalue weighted by molar-refractivity contribution is -0.122. The maximum Gasteiger partial charge on any atom is 0.335 e. The molecule has 1 saturated heterocycles. The third kappa shape index (κ3) is 7.35. The van der Waals surface area contributed by atoms with E-state index in [1.807, 2.05) is 37.3 Å². The van der Waals surface area contributed by atoms with Crippen molar-refractivity contribution in [2.75, 3.05) is 11.5 Å². The summed E-state index contributed by atoms with van der Waals surface area (Å²) in [7, 11) is 0. The number of rotatable bonds is 10. The van der Waals surface area contributed by atoms with E-state index in [0.29, 0.717) is 49.6 Å². The van der Waals surface area contributed by atoms with Gasteiger partial charge in [-0.05, 0) is 95.2 Å². The zero-order valence-electron chi connectivity index (χ0n) is 23.3. The van der Waals surface area contributed by atoms with Crippen molar-refractivity contribution in [3.63, 3.8) is 0 Å². The Morgan fingerprint density at radius 1 is 0.864 bits per heavy atom. The summed E-state index contributed by atoms with van der Waals surface area (Å²) >= 11 is 14.4. The molecule has 8 nitrogen and oxygen atoms in total. The van der Waals surface area contributed by atoms with Crippen molar-refractivity contribution in [1.29, 1.82) is 0 Å². The molecular weight excluding hydrogens is 718 g/mol. The average Bonchev–Trinajstić information content (AvgIpc) is 3.00. The summed E-state index contributed by atoms with van der Waals surface area (Å²) in [5, 5.41) is 3.25. The number of nitrogens with one attached hydrogen (secondary N) is 1. The van der Waals surface area contributed by atoms with Crippen molar-refractivity contribution in [3.05, 3.63) is 121 Å². The smallest absolute Gasteiger partial charge is 0.335 e. The van der Waals surface area contributed by atoms with Crippen molar-refractivity contribution in [2.45, 2.75) is 20.1 Å². The Bertz CT molecular complexity index is 1750. The standard InChI is InChI=1S/C33H25Cl2IN2O6/c1-2-42-29-16-21(15-28(36)30(29)44-19-22-8-9-23(34)17-27(22)35)14-26-31(39)37-33(41)38(32(26)40)24-10-12-25(13-11-24)43-18-20-6-4-3-5-7-20/h3-17H,2,18-19H2,1H3,(H,37,39,41)/b26-14+. The fraction of sp³-hybridized carbons (Fsp3) is 0.121. The number of imide groups is 2. The van der Waals surface area contributed by atoms with Crippen molar-refractivity contribution >= 4 is 75.4 Å². The molecular formula is C33H25Cl2IN2O6. The number of barbiturate groups is 1. The van der Waals surface area contributed by atoms with Crippen molar-refractivity contribution in [2.24, 2.45) is 0 Å². The molecule has 4 aromatic rings. The largest absolute Gasteiger partial charge is 0.490 e. The maximum atomic E-state index is 13.5. The van der Waals surface area contributed by atoms with Crippen LogP contribution in [0.4, 0.5) is 10.5 Å².